The van der Waals surface area contributed by atoms with Crippen LogP contribution in [-0.4, -0.2) is 48.5 Å². The standard InChI is InChI=1S/C19H21NO4S/c1-25-9-13-6-7-17(24-13)18(22)20-8-15-14-4-2-3-5-16(14)23-12-19(15,10-20)11-21/h2-7,15,21H,8-12H2,1H3/t15-,19-/m1/s1. The van der Waals surface area contributed by atoms with Crippen molar-refractivity contribution in [2.45, 2.75) is 11.7 Å². The van der Waals surface area contributed by atoms with Crippen LogP contribution in [0.3, 0.4) is 0 Å². The summed E-state index contributed by atoms with van der Waals surface area (Å²) in [6.45, 7) is 1.45. The zero-order valence-corrected chi connectivity index (χ0v) is 14.9. The van der Waals surface area contributed by atoms with Crippen LogP contribution in [0.25, 0.3) is 0 Å². The molecule has 1 fully saturated rings. The highest BCUT2D eigenvalue weighted by Crippen LogP contribution is 2.49. The molecular weight excluding hydrogens is 338 g/mol. The molecule has 3 heterocycles. The van der Waals surface area contributed by atoms with E-state index in [0.29, 0.717) is 25.5 Å². The van der Waals surface area contributed by atoms with E-state index in [9.17, 15) is 9.90 Å². The maximum Gasteiger partial charge on any atom is 0.289 e. The zero-order valence-electron chi connectivity index (χ0n) is 14.1. The largest absolute Gasteiger partial charge is 0.493 e. The van der Waals surface area contributed by atoms with Crippen LogP contribution in [-0.2, 0) is 5.75 Å². The molecule has 4 rings (SSSR count). The fourth-order valence-electron chi connectivity index (χ4n) is 3.89. The van der Waals surface area contributed by atoms with Gasteiger partial charge in [-0.05, 0) is 30.0 Å². The van der Waals surface area contributed by atoms with Gasteiger partial charge in [-0.25, -0.2) is 0 Å². The third-order valence-electron chi connectivity index (χ3n) is 5.22. The van der Waals surface area contributed by atoms with Crippen LogP contribution in [0.15, 0.2) is 40.8 Å². The Labute approximate surface area is 151 Å². The van der Waals surface area contributed by atoms with E-state index in [-0.39, 0.29) is 18.4 Å². The first-order valence-corrected chi connectivity index (χ1v) is 9.76. The predicted octanol–water partition coefficient (Wildman–Crippen LogP) is 2.75. The van der Waals surface area contributed by atoms with Gasteiger partial charge in [0.15, 0.2) is 5.76 Å². The van der Waals surface area contributed by atoms with Gasteiger partial charge in [0.25, 0.3) is 5.91 Å². The maximum absolute atomic E-state index is 12.9. The number of hydrogen-bond acceptors (Lipinski definition) is 5. The van der Waals surface area contributed by atoms with Crippen molar-refractivity contribution in [2.24, 2.45) is 5.41 Å². The Morgan fingerprint density at radius 1 is 1.36 bits per heavy atom. The Kier molecular flexibility index (Phi) is 4.25. The van der Waals surface area contributed by atoms with Crippen molar-refractivity contribution >= 4 is 17.7 Å². The predicted molar refractivity (Wildman–Crippen MR) is 96.0 cm³/mol. The van der Waals surface area contributed by atoms with E-state index in [1.165, 1.54) is 0 Å². The lowest BCUT2D eigenvalue weighted by atomic mass is 9.74. The van der Waals surface area contributed by atoms with Crippen molar-refractivity contribution in [3.63, 3.8) is 0 Å². The molecule has 1 N–H and O–H groups in total. The highest BCUT2D eigenvalue weighted by molar-refractivity contribution is 7.97. The highest BCUT2D eigenvalue weighted by atomic mass is 32.2. The van der Waals surface area contributed by atoms with Crippen LogP contribution >= 0.6 is 11.8 Å². The number of furan rings is 1. The van der Waals surface area contributed by atoms with Crippen molar-refractivity contribution < 1.29 is 19.1 Å². The van der Waals surface area contributed by atoms with E-state index < -0.39 is 5.41 Å². The molecule has 0 spiro atoms. The molecule has 0 radical (unpaired) electrons. The van der Waals surface area contributed by atoms with Crippen LogP contribution < -0.4 is 4.74 Å². The third-order valence-corrected chi connectivity index (χ3v) is 5.79. The average Bonchev–Trinajstić information content (AvgIpc) is 3.26. The molecule has 132 valence electrons. The van der Waals surface area contributed by atoms with Gasteiger partial charge in [-0.15, -0.1) is 0 Å². The van der Waals surface area contributed by atoms with Crippen molar-refractivity contribution in [2.75, 3.05) is 32.6 Å². The Hall–Kier alpha value is -1.92. The number of aliphatic hydroxyl groups is 1. The second kappa shape index (κ2) is 6.42. The number of para-hydroxylation sites is 1. The molecule has 0 aliphatic carbocycles. The van der Waals surface area contributed by atoms with Gasteiger partial charge >= 0.3 is 0 Å². The number of thioether (sulfide) groups is 1. The molecule has 1 amide bonds. The quantitative estimate of drug-likeness (QED) is 0.909. The number of aliphatic hydroxyl groups excluding tert-OH is 1. The van der Waals surface area contributed by atoms with Crippen LogP contribution in [0.5, 0.6) is 5.75 Å². The first-order valence-electron chi connectivity index (χ1n) is 8.36. The molecule has 2 aliphatic rings. The van der Waals surface area contributed by atoms with Crippen molar-refractivity contribution in [1.82, 2.24) is 4.90 Å². The summed E-state index contributed by atoms with van der Waals surface area (Å²) in [5.41, 5.74) is 0.624. The second-order valence-electron chi connectivity index (χ2n) is 6.78. The lowest BCUT2D eigenvalue weighted by Gasteiger charge is -2.37. The highest BCUT2D eigenvalue weighted by Gasteiger charge is 2.52. The van der Waals surface area contributed by atoms with Crippen LogP contribution in [0.2, 0.25) is 0 Å². The smallest absolute Gasteiger partial charge is 0.289 e. The molecule has 25 heavy (non-hydrogen) atoms. The molecule has 1 aromatic heterocycles. The summed E-state index contributed by atoms with van der Waals surface area (Å²) in [7, 11) is 0. The first kappa shape index (κ1) is 16.5. The average molecular weight is 359 g/mol. The minimum atomic E-state index is -0.446. The molecule has 5 nitrogen and oxygen atoms in total. The van der Waals surface area contributed by atoms with Crippen LogP contribution in [0, 0.1) is 5.41 Å². The molecule has 1 aromatic carbocycles. The fraction of sp³-hybridized carbons (Fsp3) is 0.421. The third kappa shape index (κ3) is 2.73. The van der Waals surface area contributed by atoms with Crippen molar-refractivity contribution in [3.05, 3.63) is 53.5 Å². The topological polar surface area (TPSA) is 62.9 Å². The Bertz CT molecular complexity index is 789. The number of ether oxygens (including phenoxy) is 1. The summed E-state index contributed by atoms with van der Waals surface area (Å²) in [4.78, 5) is 14.7. The Morgan fingerprint density at radius 2 is 2.20 bits per heavy atom. The SMILES string of the molecule is CSCc1ccc(C(=O)N2C[C@@H]3c4ccccc4OC[C@]3(CO)C2)o1. The normalized spacial score (nSPS) is 24.6. The lowest BCUT2D eigenvalue weighted by molar-refractivity contribution is 0.0433. The minimum absolute atomic E-state index is 0.00827. The van der Waals surface area contributed by atoms with Gasteiger partial charge in [-0.2, -0.15) is 11.8 Å². The van der Waals surface area contributed by atoms with Crippen molar-refractivity contribution in [1.29, 1.82) is 0 Å². The molecular formula is C19H21NO4S. The van der Waals surface area contributed by atoms with Gasteiger partial charge < -0.3 is 19.2 Å². The first-order chi connectivity index (χ1) is 12.2. The fourth-order valence-corrected chi connectivity index (χ4v) is 4.33. The Balaban J connectivity index is 1.60. The summed E-state index contributed by atoms with van der Waals surface area (Å²) in [6.07, 6.45) is 2.00. The van der Waals surface area contributed by atoms with E-state index in [1.807, 2.05) is 36.6 Å². The molecule has 6 heteroatoms. The summed E-state index contributed by atoms with van der Waals surface area (Å²) in [5, 5.41) is 10.1. The van der Waals surface area contributed by atoms with E-state index >= 15 is 0 Å². The van der Waals surface area contributed by atoms with E-state index in [1.54, 1.807) is 22.7 Å². The molecule has 0 saturated carbocycles. The number of nitrogens with zero attached hydrogens (tertiary/aromatic N) is 1. The number of hydrogen-bond donors (Lipinski definition) is 1. The number of rotatable bonds is 4. The van der Waals surface area contributed by atoms with Crippen LogP contribution in [0.1, 0.15) is 27.8 Å². The van der Waals surface area contributed by atoms with Gasteiger partial charge in [0.1, 0.15) is 11.5 Å². The number of carbonyl (C=O) groups is 1. The van der Waals surface area contributed by atoms with Gasteiger partial charge in [-0.1, -0.05) is 18.2 Å². The molecule has 2 aromatic rings. The summed E-state index contributed by atoms with van der Waals surface area (Å²) in [5.74, 6) is 2.73. The van der Waals surface area contributed by atoms with Crippen LogP contribution in [0.4, 0.5) is 0 Å². The number of carbonyl (C=O) groups excluding carboxylic acids is 1. The number of likely N-dealkylation sites (tertiary alicyclic amines) is 1. The molecule has 2 aliphatic heterocycles. The molecule has 0 bridgehead atoms. The molecule has 2 atom stereocenters. The molecule has 0 unspecified atom stereocenters. The van der Waals surface area contributed by atoms with E-state index in [0.717, 1.165) is 22.8 Å². The summed E-state index contributed by atoms with van der Waals surface area (Å²) >= 11 is 1.66. The number of amides is 1. The van der Waals surface area contributed by atoms with Gasteiger partial charge in [-0.3, -0.25) is 4.79 Å². The summed E-state index contributed by atoms with van der Waals surface area (Å²) in [6, 6.07) is 11.5. The maximum atomic E-state index is 12.9. The molecule has 1 saturated heterocycles. The second-order valence-corrected chi connectivity index (χ2v) is 7.65. The van der Waals surface area contributed by atoms with E-state index in [4.69, 9.17) is 9.15 Å². The summed E-state index contributed by atoms with van der Waals surface area (Å²) < 4.78 is 11.6. The van der Waals surface area contributed by atoms with E-state index in [2.05, 4.69) is 0 Å². The van der Waals surface area contributed by atoms with Gasteiger partial charge in [0.05, 0.1) is 24.4 Å². The number of benzene rings is 1. The minimum Gasteiger partial charge on any atom is -0.493 e. The van der Waals surface area contributed by atoms with Gasteiger partial charge in [0, 0.05) is 19.0 Å². The Morgan fingerprint density at radius 3 is 3.00 bits per heavy atom. The van der Waals surface area contributed by atoms with Gasteiger partial charge in [0.2, 0.25) is 0 Å². The monoisotopic (exact) mass is 359 g/mol. The van der Waals surface area contributed by atoms with Crippen molar-refractivity contribution in [3.8, 4) is 5.75 Å². The zero-order chi connectivity index (χ0) is 17.4. The lowest BCUT2D eigenvalue weighted by Crippen LogP contribution is -2.42. The number of fused-ring (bicyclic) bond motifs is 3.